The van der Waals surface area contributed by atoms with E-state index in [2.05, 4.69) is 46.0 Å². The summed E-state index contributed by atoms with van der Waals surface area (Å²) < 4.78 is 0. The molecule has 2 heteroatoms. The van der Waals surface area contributed by atoms with E-state index in [0.29, 0.717) is 5.75 Å². The lowest BCUT2D eigenvalue weighted by molar-refractivity contribution is 0.441. The third-order valence-corrected chi connectivity index (χ3v) is 3.72. The second-order valence-corrected chi connectivity index (χ2v) is 6.47. The Kier molecular flexibility index (Phi) is 5.42. The van der Waals surface area contributed by atoms with Crippen LogP contribution in [-0.2, 0) is 12.0 Å². The Hall–Kier alpha value is -1.02. The zero-order valence-electron chi connectivity index (χ0n) is 13.4. The summed E-state index contributed by atoms with van der Waals surface area (Å²) in [4.78, 5) is 0. The summed E-state index contributed by atoms with van der Waals surface area (Å²) in [5.41, 5.74) is 4.55. The maximum Gasteiger partial charge on any atom is 0.122 e. The van der Waals surface area contributed by atoms with Crippen molar-refractivity contribution in [2.24, 2.45) is 0 Å². The van der Waals surface area contributed by atoms with Gasteiger partial charge in [0.15, 0.2) is 0 Å². The summed E-state index contributed by atoms with van der Waals surface area (Å²) in [6, 6.07) is 2.14. The minimum atomic E-state index is -0.0201. The molecule has 2 N–H and O–H groups in total. The molecule has 0 aliphatic rings. The molecule has 0 unspecified atom stereocenters. The van der Waals surface area contributed by atoms with Crippen LogP contribution in [0.1, 0.15) is 62.8 Å². The Balaban J connectivity index is 2.99. The fraction of sp³-hybridized carbons (Fsp3) is 0.647. The van der Waals surface area contributed by atoms with Crippen LogP contribution in [0.15, 0.2) is 6.07 Å². The predicted molar refractivity (Wildman–Crippen MR) is 82.9 cm³/mol. The molecule has 1 rings (SSSR count). The van der Waals surface area contributed by atoms with E-state index in [1.807, 2.05) is 6.92 Å². The van der Waals surface area contributed by atoms with E-state index < -0.39 is 0 Å². The Bertz CT molecular complexity index is 430. The number of hydrogen-bond donors (Lipinski definition) is 2. The first-order valence-electron chi connectivity index (χ1n) is 7.32. The Morgan fingerprint density at radius 3 is 2.37 bits per heavy atom. The highest BCUT2D eigenvalue weighted by Crippen LogP contribution is 2.36. The van der Waals surface area contributed by atoms with Crippen LogP contribution in [-0.4, -0.2) is 11.7 Å². The molecule has 0 spiro atoms. The number of hydrogen-bond acceptors (Lipinski definition) is 2. The van der Waals surface area contributed by atoms with Crippen molar-refractivity contribution in [2.75, 3.05) is 6.54 Å². The van der Waals surface area contributed by atoms with Crippen LogP contribution in [0.2, 0.25) is 0 Å². The molecule has 0 amide bonds. The van der Waals surface area contributed by atoms with Gasteiger partial charge in [0.1, 0.15) is 5.75 Å². The number of unbranched alkanes of at least 4 members (excludes halogenated alkanes) is 1. The van der Waals surface area contributed by atoms with E-state index in [9.17, 15) is 5.11 Å². The van der Waals surface area contributed by atoms with Crippen molar-refractivity contribution in [3.05, 3.63) is 28.3 Å². The monoisotopic (exact) mass is 263 g/mol. The largest absolute Gasteiger partial charge is 0.507 e. The van der Waals surface area contributed by atoms with Gasteiger partial charge in [-0.2, -0.15) is 0 Å². The molecule has 0 aliphatic carbocycles. The van der Waals surface area contributed by atoms with Crippen LogP contribution in [0.25, 0.3) is 0 Å². The third kappa shape index (κ3) is 3.97. The topological polar surface area (TPSA) is 32.3 Å². The van der Waals surface area contributed by atoms with Gasteiger partial charge < -0.3 is 10.4 Å². The molecule has 0 saturated carbocycles. The summed E-state index contributed by atoms with van der Waals surface area (Å²) in [7, 11) is 0. The van der Waals surface area contributed by atoms with Crippen LogP contribution in [0.5, 0.6) is 5.75 Å². The van der Waals surface area contributed by atoms with Crippen molar-refractivity contribution in [1.82, 2.24) is 5.32 Å². The van der Waals surface area contributed by atoms with E-state index >= 15 is 0 Å². The molecule has 0 bridgehead atoms. The first kappa shape index (κ1) is 16.0. The van der Waals surface area contributed by atoms with E-state index in [-0.39, 0.29) is 5.41 Å². The highest BCUT2D eigenvalue weighted by Gasteiger charge is 2.21. The van der Waals surface area contributed by atoms with Gasteiger partial charge in [-0.1, -0.05) is 40.2 Å². The van der Waals surface area contributed by atoms with E-state index in [4.69, 9.17) is 0 Å². The van der Waals surface area contributed by atoms with Crippen LogP contribution in [0.4, 0.5) is 0 Å². The van der Waals surface area contributed by atoms with Crippen LogP contribution < -0.4 is 5.32 Å². The third-order valence-electron chi connectivity index (χ3n) is 3.72. The molecule has 0 radical (unpaired) electrons. The molecule has 108 valence electrons. The maximum absolute atomic E-state index is 10.4. The average Bonchev–Trinajstić information content (AvgIpc) is 2.31. The molecular formula is C17H29NO. The molecule has 0 aromatic heterocycles. The number of benzene rings is 1. The Morgan fingerprint density at radius 2 is 1.84 bits per heavy atom. The standard InChI is InChI=1S/C17H29NO/c1-7-8-9-18-11-14-12(2)10-15(17(4,5)6)16(19)13(14)3/h10,18-19H,7-9,11H2,1-6H3. The van der Waals surface area contributed by atoms with E-state index in [0.717, 1.165) is 24.2 Å². The van der Waals surface area contributed by atoms with Crippen molar-refractivity contribution >= 4 is 0 Å². The molecule has 0 fully saturated rings. The molecule has 0 saturated heterocycles. The molecule has 0 aliphatic heterocycles. The molecule has 19 heavy (non-hydrogen) atoms. The second-order valence-electron chi connectivity index (χ2n) is 6.47. The summed E-state index contributed by atoms with van der Waals surface area (Å²) in [6.07, 6.45) is 2.41. The minimum absolute atomic E-state index is 0.0201. The fourth-order valence-corrected chi connectivity index (χ4v) is 2.37. The molecule has 1 aromatic carbocycles. The molecular weight excluding hydrogens is 234 g/mol. The first-order chi connectivity index (χ1) is 8.79. The van der Waals surface area contributed by atoms with Crippen molar-refractivity contribution in [3.8, 4) is 5.75 Å². The Labute approximate surface area is 118 Å². The SMILES string of the molecule is CCCCNCc1c(C)cc(C(C)(C)C)c(O)c1C. The van der Waals surface area contributed by atoms with Crippen LogP contribution in [0.3, 0.4) is 0 Å². The number of phenols is 1. The highest BCUT2D eigenvalue weighted by molar-refractivity contribution is 5.51. The fourth-order valence-electron chi connectivity index (χ4n) is 2.37. The van der Waals surface area contributed by atoms with Crippen molar-refractivity contribution < 1.29 is 5.11 Å². The second kappa shape index (κ2) is 6.42. The number of nitrogens with one attached hydrogen (secondary N) is 1. The van der Waals surface area contributed by atoms with Gasteiger partial charge in [0.05, 0.1) is 0 Å². The smallest absolute Gasteiger partial charge is 0.122 e. The summed E-state index contributed by atoms with van der Waals surface area (Å²) in [6.45, 7) is 14.7. The minimum Gasteiger partial charge on any atom is -0.507 e. The number of aryl methyl sites for hydroxylation is 1. The molecule has 0 atom stereocenters. The summed E-state index contributed by atoms with van der Waals surface area (Å²) >= 11 is 0. The van der Waals surface area contributed by atoms with Crippen LogP contribution in [0, 0.1) is 13.8 Å². The molecule has 1 aromatic rings. The highest BCUT2D eigenvalue weighted by atomic mass is 16.3. The first-order valence-corrected chi connectivity index (χ1v) is 7.32. The number of rotatable bonds is 5. The van der Waals surface area contributed by atoms with Crippen molar-refractivity contribution in [1.29, 1.82) is 0 Å². The lowest BCUT2D eigenvalue weighted by Gasteiger charge is -2.24. The van der Waals surface area contributed by atoms with Gasteiger partial charge in [0.25, 0.3) is 0 Å². The van der Waals surface area contributed by atoms with E-state index in [1.165, 1.54) is 24.0 Å². The zero-order chi connectivity index (χ0) is 14.6. The van der Waals surface area contributed by atoms with E-state index in [1.54, 1.807) is 0 Å². The maximum atomic E-state index is 10.4. The molecule has 2 nitrogen and oxygen atoms in total. The number of aromatic hydroxyl groups is 1. The predicted octanol–water partition coefficient (Wildman–Crippen LogP) is 4.20. The van der Waals surface area contributed by atoms with Gasteiger partial charge in [-0.05, 0) is 54.5 Å². The van der Waals surface area contributed by atoms with Gasteiger partial charge >= 0.3 is 0 Å². The van der Waals surface area contributed by atoms with Gasteiger partial charge in [-0.15, -0.1) is 0 Å². The van der Waals surface area contributed by atoms with Gasteiger partial charge in [-0.3, -0.25) is 0 Å². The van der Waals surface area contributed by atoms with Crippen molar-refractivity contribution in [2.45, 2.75) is 66.3 Å². The van der Waals surface area contributed by atoms with Crippen LogP contribution >= 0.6 is 0 Å². The lowest BCUT2D eigenvalue weighted by atomic mass is 9.82. The summed E-state index contributed by atoms with van der Waals surface area (Å²) in [5.74, 6) is 0.463. The Morgan fingerprint density at radius 1 is 1.21 bits per heavy atom. The summed E-state index contributed by atoms with van der Waals surface area (Å²) in [5, 5.41) is 13.9. The normalized spacial score (nSPS) is 11.9. The van der Waals surface area contributed by atoms with Gasteiger partial charge in [-0.25, -0.2) is 0 Å². The molecule has 0 heterocycles. The van der Waals surface area contributed by atoms with Crippen molar-refractivity contribution in [3.63, 3.8) is 0 Å². The van der Waals surface area contributed by atoms with Gasteiger partial charge in [0, 0.05) is 6.54 Å². The zero-order valence-corrected chi connectivity index (χ0v) is 13.4. The van der Waals surface area contributed by atoms with Gasteiger partial charge in [0.2, 0.25) is 0 Å². The number of phenolic OH excluding ortho intramolecular Hbond substituents is 1. The lowest BCUT2D eigenvalue weighted by Crippen LogP contribution is -2.18. The average molecular weight is 263 g/mol. The quantitative estimate of drug-likeness (QED) is 0.780.